The van der Waals surface area contributed by atoms with Gasteiger partial charge >= 0.3 is 5.97 Å². The summed E-state index contributed by atoms with van der Waals surface area (Å²) in [5.74, 6) is -1.30. The van der Waals surface area contributed by atoms with Crippen LogP contribution >= 0.6 is 0 Å². The zero-order chi connectivity index (χ0) is 13.7. The van der Waals surface area contributed by atoms with Crippen molar-refractivity contribution in [1.29, 1.82) is 5.26 Å². The topological polar surface area (TPSA) is 121 Å². The molecule has 0 saturated heterocycles. The largest absolute Gasteiger partial charge is 0.478 e. The van der Waals surface area contributed by atoms with Gasteiger partial charge in [-0.15, -0.1) is 0 Å². The number of aldehydes is 1. The summed E-state index contributed by atoms with van der Waals surface area (Å²) in [6, 6.07) is 3.82. The summed E-state index contributed by atoms with van der Waals surface area (Å²) >= 11 is 0. The molecule has 0 aliphatic heterocycles. The van der Waals surface area contributed by atoms with Gasteiger partial charge in [0.2, 0.25) is 0 Å². The summed E-state index contributed by atoms with van der Waals surface area (Å²) in [5.41, 5.74) is -0.792. The molecule has 1 aromatic rings. The molecule has 0 saturated carbocycles. The van der Waals surface area contributed by atoms with Crippen molar-refractivity contribution in [1.82, 2.24) is 0 Å². The van der Waals surface area contributed by atoms with Crippen LogP contribution in [0.1, 0.15) is 21.5 Å². The summed E-state index contributed by atoms with van der Waals surface area (Å²) in [5, 5.41) is 27.9. The average Bonchev–Trinajstić information content (AvgIpc) is 2.34. The molecule has 0 fully saturated rings. The fraction of sp³-hybridized carbons (Fsp3) is 0. The minimum absolute atomic E-state index is 0.0451. The first-order valence-electron chi connectivity index (χ1n) is 4.58. The molecule has 1 aromatic carbocycles. The SMILES string of the molecule is N#Cc1cc(C=O)c(/C=C/C(=O)O)c([N+](=O)[O-])c1. The van der Waals surface area contributed by atoms with Crippen molar-refractivity contribution >= 4 is 24.0 Å². The molecule has 7 heteroatoms. The first kappa shape index (κ1) is 13.1. The van der Waals surface area contributed by atoms with E-state index in [4.69, 9.17) is 10.4 Å². The van der Waals surface area contributed by atoms with E-state index < -0.39 is 16.6 Å². The van der Waals surface area contributed by atoms with Gasteiger partial charge in [-0.3, -0.25) is 14.9 Å². The molecule has 0 amide bonds. The lowest BCUT2D eigenvalue weighted by Crippen LogP contribution is -1.98. The second-order valence-corrected chi connectivity index (χ2v) is 3.16. The van der Waals surface area contributed by atoms with Gasteiger partial charge in [0.15, 0.2) is 6.29 Å². The smallest absolute Gasteiger partial charge is 0.328 e. The van der Waals surface area contributed by atoms with Gasteiger partial charge in [0.1, 0.15) is 0 Å². The van der Waals surface area contributed by atoms with Gasteiger partial charge in [0.25, 0.3) is 5.69 Å². The molecule has 1 rings (SSSR count). The Hall–Kier alpha value is -3.01. The maximum Gasteiger partial charge on any atom is 0.328 e. The summed E-state index contributed by atoms with van der Waals surface area (Å²) in [4.78, 5) is 31.2. The van der Waals surface area contributed by atoms with Crippen LogP contribution in [-0.2, 0) is 4.79 Å². The van der Waals surface area contributed by atoms with Crippen LogP contribution in [-0.4, -0.2) is 22.3 Å². The normalized spacial score (nSPS) is 9.94. The molecule has 0 aromatic heterocycles. The second kappa shape index (κ2) is 5.36. The van der Waals surface area contributed by atoms with Crippen LogP contribution in [0.4, 0.5) is 5.69 Å². The van der Waals surface area contributed by atoms with Gasteiger partial charge in [0, 0.05) is 17.7 Å². The highest BCUT2D eigenvalue weighted by Crippen LogP contribution is 2.25. The Labute approximate surface area is 101 Å². The number of nitro benzene ring substituents is 1. The molecule has 0 radical (unpaired) electrons. The van der Waals surface area contributed by atoms with E-state index in [9.17, 15) is 19.7 Å². The number of carbonyl (C=O) groups excluding carboxylic acids is 1. The standard InChI is InChI=1S/C11H6N2O5/c12-5-7-3-8(6-14)9(1-2-11(15)16)10(4-7)13(17)18/h1-4,6H,(H,15,16)/b2-1+. The fourth-order valence-corrected chi connectivity index (χ4v) is 1.31. The molecule has 18 heavy (non-hydrogen) atoms. The summed E-state index contributed by atoms with van der Waals surface area (Å²) in [6.07, 6.45) is 1.96. The van der Waals surface area contributed by atoms with Gasteiger partial charge < -0.3 is 5.11 Å². The van der Waals surface area contributed by atoms with Gasteiger partial charge in [-0.05, 0) is 12.1 Å². The predicted octanol–water partition coefficient (Wildman–Crippen LogP) is 1.38. The van der Waals surface area contributed by atoms with Crippen LogP contribution in [0.25, 0.3) is 6.08 Å². The van der Waals surface area contributed by atoms with Crippen LogP contribution in [0.2, 0.25) is 0 Å². The molecule has 0 unspecified atom stereocenters. The Balaban J connectivity index is 3.55. The van der Waals surface area contributed by atoms with E-state index in [-0.39, 0.29) is 16.7 Å². The number of benzene rings is 1. The summed E-state index contributed by atoms with van der Waals surface area (Å²) in [7, 11) is 0. The molecule has 7 nitrogen and oxygen atoms in total. The first-order valence-corrected chi connectivity index (χ1v) is 4.58. The number of carboxylic acids is 1. The van der Waals surface area contributed by atoms with Crippen LogP contribution in [0.15, 0.2) is 18.2 Å². The number of carboxylic acid groups (broad SMARTS) is 1. The zero-order valence-electron chi connectivity index (χ0n) is 8.86. The molecule has 0 heterocycles. The monoisotopic (exact) mass is 246 g/mol. The molecule has 1 N–H and O–H groups in total. The Morgan fingerprint density at radius 1 is 1.50 bits per heavy atom. The minimum atomic E-state index is -1.30. The number of hydrogen-bond donors (Lipinski definition) is 1. The second-order valence-electron chi connectivity index (χ2n) is 3.16. The maximum absolute atomic E-state index is 10.8. The van der Waals surface area contributed by atoms with E-state index in [0.717, 1.165) is 18.2 Å². The molecule has 0 bridgehead atoms. The molecule has 0 spiro atoms. The molecule has 0 aliphatic rings. The third-order valence-corrected chi connectivity index (χ3v) is 2.04. The Bertz CT molecular complexity index is 598. The highest BCUT2D eigenvalue weighted by atomic mass is 16.6. The fourth-order valence-electron chi connectivity index (χ4n) is 1.31. The molecular weight excluding hydrogens is 240 g/mol. The van der Waals surface area contributed by atoms with E-state index in [0.29, 0.717) is 12.4 Å². The van der Waals surface area contributed by atoms with Crippen LogP contribution < -0.4 is 0 Å². The van der Waals surface area contributed by atoms with Crippen LogP contribution in [0, 0.1) is 21.4 Å². The van der Waals surface area contributed by atoms with Gasteiger partial charge in [-0.2, -0.15) is 5.26 Å². The van der Waals surface area contributed by atoms with Crippen molar-refractivity contribution in [2.24, 2.45) is 0 Å². The summed E-state index contributed by atoms with van der Waals surface area (Å²) in [6.45, 7) is 0. The minimum Gasteiger partial charge on any atom is -0.478 e. The molecular formula is C11H6N2O5. The van der Waals surface area contributed by atoms with Gasteiger partial charge in [-0.25, -0.2) is 4.79 Å². The average molecular weight is 246 g/mol. The lowest BCUT2D eigenvalue weighted by Gasteiger charge is -2.01. The number of carbonyl (C=O) groups is 2. The van der Waals surface area contributed by atoms with Crippen molar-refractivity contribution in [3.8, 4) is 6.07 Å². The maximum atomic E-state index is 10.8. The number of hydrogen-bond acceptors (Lipinski definition) is 5. The lowest BCUT2D eigenvalue weighted by atomic mass is 10.0. The lowest BCUT2D eigenvalue weighted by molar-refractivity contribution is -0.385. The zero-order valence-corrected chi connectivity index (χ0v) is 8.86. The highest BCUT2D eigenvalue weighted by Gasteiger charge is 2.17. The third kappa shape index (κ3) is 2.76. The number of nitrogens with zero attached hydrogens (tertiary/aromatic N) is 2. The number of rotatable bonds is 4. The quantitative estimate of drug-likeness (QED) is 0.370. The predicted molar refractivity (Wildman–Crippen MR) is 59.9 cm³/mol. The van der Waals surface area contributed by atoms with Gasteiger partial charge in [-0.1, -0.05) is 0 Å². The van der Waals surface area contributed by atoms with Gasteiger partial charge in [0.05, 0.1) is 22.1 Å². The van der Waals surface area contributed by atoms with Crippen molar-refractivity contribution in [2.75, 3.05) is 0 Å². The van der Waals surface area contributed by atoms with E-state index in [1.165, 1.54) is 0 Å². The summed E-state index contributed by atoms with van der Waals surface area (Å²) < 4.78 is 0. The van der Waals surface area contributed by atoms with Crippen LogP contribution in [0.3, 0.4) is 0 Å². The van der Waals surface area contributed by atoms with E-state index in [2.05, 4.69) is 0 Å². The Morgan fingerprint density at radius 2 is 2.17 bits per heavy atom. The molecule has 0 atom stereocenters. The van der Waals surface area contributed by atoms with Crippen LogP contribution in [0.5, 0.6) is 0 Å². The Kier molecular flexibility index (Phi) is 3.89. The number of aliphatic carboxylic acids is 1. The third-order valence-electron chi connectivity index (χ3n) is 2.04. The van der Waals surface area contributed by atoms with Crippen molar-refractivity contribution in [2.45, 2.75) is 0 Å². The Morgan fingerprint density at radius 3 is 2.61 bits per heavy atom. The van der Waals surface area contributed by atoms with Crippen molar-refractivity contribution in [3.63, 3.8) is 0 Å². The molecule has 90 valence electrons. The number of nitro groups is 1. The van der Waals surface area contributed by atoms with E-state index in [1.807, 2.05) is 0 Å². The highest BCUT2D eigenvalue weighted by molar-refractivity contribution is 5.91. The van der Waals surface area contributed by atoms with E-state index in [1.54, 1.807) is 6.07 Å². The number of nitriles is 1. The first-order chi connectivity index (χ1) is 8.49. The van der Waals surface area contributed by atoms with Crippen molar-refractivity contribution < 1.29 is 19.6 Å². The van der Waals surface area contributed by atoms with E-state index >= 15 is 0 Å². The van der Waals surface area contributed by atoms with Crippen molar-refractivity contribution in [3.05, 3.63) is 45.0 Å². The molecule has 0 aliphatic carbocycles.